The second-order valence-corrected chi connectivity index (χ2v) is 6.46. The molecule has 2 N–H and O–H groups in total. The Bertz CT molecular complexity index is 1110. The molecule has 126 valence electrons. The molecule has 2 heterocycles. The molecule has 2 aromatic carbocycles. The van der Waals surface area contributed by atoms with Crippen molar-refractivity contribution in [3.05, 3.63) is 82.4 Å². The predicted octanol–water partition coefficient (Wildman–Crippen LogP) is 3.04. The first-order valence-electron chi connectivity index (χ1n) is 8.53. The molecule has 25 heavy (non-hydrogen) atoms. The van der Waals surface area contributed by atoms with Crippen LogP contribution in [0.4, 0.5) is 0 Å². The van der Waals surface area contributed by atoms with Gasteiger partial charge in [-0.2, -0.15) is 0 Å². The summed E-state index contributed by atoms with van der Waals surface area (Å²) >= 11 is 0. The molecular formula is C21H21N3O. The van der Waals surface area contributed by atoms with Gasteiger partial charge in [0.05, 0.1) is 6.54 Å². The minimum atomic E-state index is 0.0470. The lowest BCUT2D eigenvalue weighted by Crippen LogP contribution is -2.20. The van der Waals surface area contributed by atoms with Crippen molar-refractivity contribution < 1.29 is 0 Å². The summed E-state index contributed by atoms with van der Waals surface area (Å²) in [7, 11) is 2.03. The van der Waals surface area contributed by atoms with Crippen molar-refractivity contribution in [2.24, 2.45) is 12.8 Å². The highest BCUT2D eigenvalue weighted by Crippen LogP contribution is 2.28. The molecule has 0 aliphatic rings. The molecule has 2 aromatic heterocycles. The summed E-state index contributed by atoms with van der Waals surface area (Å²) in [4.78, 5) is 13.0. The van der Waals surface area contributed by atoms with Gasteiger partial charge in [0.2, 0.25) is 0 Å². The molecule has 4 heteroatoms. The zero-order valence-corrected chi connectivity index (χ0v) is 14.3. The molecule has 0 spiro atoms. The molecule has 0 radical (unpaired) electrons. The Balaban J connectivity index is 1.91. The molecule has 0 unspecified atom stereocenters. The van der Waals surface area contributed by atoms with Crippen molar-refractivity contribution in [3.63, 3.8) is 0 Å². The van der Waals surface area contributed by atoms with Crippen LogP contribution in [0.25, 0.3) is 21.7 Å². The van der Waals surface area contributed by atoms with Crippen molar-refractivity contribution in [1.82, 2.24) is 9.13 Å². The van der Waals surface area contributed by atoms with Gasteiger partial charge < -0.3 is 14.9 Å². The van der Waals surface area contributed by atoms with Crippen LogP contribution < -0.4 is 11.3 Å². The molecule has 4 rings (SSSR count). The van der Waals surface area contributed by atoms with Gasteiger partial charge in [-0.05, 0) is 47.7 Å². The lowest BCUT2D eigenvalue weighted by atomic mass is 10.0. The maximum atomic E-state index is 13.0. The Morgan fingerprint density at radius 3 is 2.56 bits per heavy atom. The molecule has 0 atom stereocenters. The molecule has 0 amide bonds. The van der Waals surface area contributed by atoms with Crippen LogP contribution in [0.3, 0.4) is 0 Å². The largest absolute Gasteiger partial charge is 0.350 e. The fraction of sp³-hybridized carbons (Fsp3) is 0.190. The Hall–Kier alpha value is -2.85. The van der Waals surface area contributed by atoms with E-state index in [1.807, 2.05) is 55.7 Å². The second-order valence-electron chi connectivity index (χ2n) is 6.46. The van der Waals surface area contributed by atoms with Crippen LogP contribution in [0.15, 0.2) is 65.7 Å². The first-order valence-corrected chi connectivity index (χ1v) is 8.53. The van der Waals surface area contributed by atoms with Gasteiger partial charge in [-0.1, -0.05) is 30.3 Å². The third kappa shape index (κ3) is 2.65. The maximum absolute atomic E-state index is 13.0. The van der Waals surface area contributed by atoms with Gasteiger partial charge in [0.1, 0.15) is 0 Å². The lowest BCUT2D eigenvalue weighted by Gasteiger charge is -2.09. The van der Waals surface area contributed by atoms with Crippen molar-refractivity contribution in [2.75, 3.05) is 6.54 Å². The molecule has 0 saturated heterocycles. The highest BCUT2D eigenvalue weighted by atomic mass is 16.1. The van der Waals surface area contributed by atoms with Crippen LogP contribution >= 0.6 is 0 Å². The first-order chi connectivity index (χ1) is 12.2. The smallest absolute Gasteiger partial charge is 0.258 e. The zero-order valence-electron chi connectivity index (χ0n) is 14.3. The maximum Gasteiger partial charge on any atom is 0.258 e. The summed E-state index contributed by atoms with van der Waals surface area (Å²) in [5.41, 5.74) is 9.27. The fourth-order valence-electron chi connectivity index (χ4n) is 3.60. The van der Waals surface area contributed by atoms with Crippen LogP contribution in [0.5, 0.6) is 0 Å². The number of hydrogen-bond acceptors (Lipinski definition) is 2. The van der Waals surface area contributed by atoms with Gasteiger partial charge in [0.15, 0.2) is 0 Å². The van der Waals surface area contributed by atoms with Crippen molar-refractivity contribution in [2.45, 2.75) is 13.0 Å². The fourth-order valence-corrected chi connectivity index (χ4v) is 3.60. The van der Waals surface area contributed by atoms with Crippen LogP contribution in [0.1, 0.15) is 11.1 Å². The molecule has 0 aliphatic carbocycles. The van der Waals surface area contributed by atoms with E-state index in [4.69, 9.17) is 5.73 Å². The molecule has 0 bridgehead atoms. The Morgan fingerprint density at radius 2 is 1.80 bits per heavy atom. The topological polar surface area (TPSA) is 52.9 Å². The summed E-state index contributed by atoms with van der Waals surface area (Å²) < 4.78 is 3.88. The van der Waals surface area contributed by atoms with E-state index in [9.17, 15) is 4.79 Å². The standard InChI is InChI=1S/C21H21N3O/c1-23-14-16(9-11-22)20-17-10-12-24(13-15-5-3-2-4-6-15)21(25)18(17)7-8-19(20)23/h2-8,10,12,14H,9,11,13,22H2,1H3. The van der Waals surface area contributed by atoms with Crippen molar-refractivity contribution >= 4 is 21.7 Å². The average Bonchev–Trinajstić information content (AvgIpc) is 2.95. The molecular weight excluding hydrogens is 310 g/mol. The average molecular weight is 331 g/mol. The molecule has 4 aromatic rings. The summed E-state index contributed by atoms with van der Waals surface area (Å²) in [5, 5.41) is 2.92. The highest BCUT2D eigenvalue weighted by molar-refractivity contribution is 6.08. The number of fused-ring (bicyclic) bond motifs is 3. The summed E-state index contributed by atoms with van der Waals surface area (Å²) in [6.07, 6.45) is 4.83. The van der Waals surface area contributed by atoms with E-state index in [0.717, 1.165) is 33.7 Å². The van der Waals surface area contributed by atoms with E-state index in [2.05, 4.69) is 16.8 Å². The van der Waals surface area contributed by atoms with E-state index in [1.54, 1.807) is 4.57 Å². The minimum absolute atomic E-state index is 0.0470. The first kappa shape index (κ1) is 15.7. The van der Waals surface area contributed by atoms with Crippen LogP contribution in [0, 0.1) is 0 Å². The van der Waals surface area contributed by atoms with Gasteiger partial charge in [-0.3, -0.25) is 4.79 Å². The number of nitrogens with two attached hydrogens (primary N) is 1. The summed E-state index contributed by atoms with van der Waals surface area (Å²) in [6, 6.07) is 16.1. The van der Waals surface area contributed by atoms with Gasteiger partial charge in [0.25, 0.3) is 5.56 Å². The minimum Gasteiger partial charge on any atom is -0.350 e. The van der Waals surface area contributed by atoms with Gasteiger partial charge in [0, 0.05) is 35.7 Å². The van der Waals surface area contributed by atoms with Crippen LogP contribution in [-0.2, 0) is 20.0 Å². The third-order valence-electron chi connectivity index (χ3n) is 4.80. The lowest BCUT2D eigenvalue weighted by molar-refractivity contribution is 0.768. The summed E-state index contributed by atoms with van der Waals surface area (Å²) in [5.74, 6) is 0. The van der Waals surface area contributed by atoms with Crippen molar-refractivity contribution in [3.8, 4) is 0 Å². The summed E-state index contributed by atoms with van der Waals surface area (Å²) in [6.45, 7) is 1.18. The van der Waals surface area contributed by atoms with Crippen LogP contribution in [-0.4, -0.2) is 15.7 Å². The SMILES string of the molecule is Cn1cc(CCN)c2c3ccn(Cc4ccccc4)c(=O)c3ccc21. The number of aryl methyl sites for hydroxylation is 1. The number of rotatable bonds is 4. The number of benzene rings is 2. The molecule has 0 saturated carbocycles. The van der Waals surface area contributed by atoms with Crippen molar-refractivity contribution in [1.29, 1.82) is 0 Å². The Morgan fingerprint density at radius 1 is 1.00 bits per heavy atom. The van der Waals surface area contributed by atoms with Gasteiger partial charge in [-0.15, -0.1) is 0 Å². The normalized spacial score (nSPS) is 11.4. The number of hydrogen-bond donors (Lipinski definition) is 1. The molecule has 0 fully saturated rings. The number of aromatic nitrogens is 2. The Labute approximate surface area is 146 Å². The molecule has 0 aliphatic heterocycles. The predicted molar refractivity (Wildman–Crippen MR) is 103 cm³/mol. The Kier molecular flexibility index (Phi) is 3.90. The number of nitrogens with zero attached hydrogens (tertiary/aromatic N) is 2. The van der Waals surface area contributed by atoms with E-state index in [1.165, 1.54) is 5.56 Å². The quantitative estimate of drug-likeness (QED) is 0.625. The number of pyridine rings is 1. The van der Waals surface area contributed by atoms with Crippen LogP contribution in [0.2, 0.25) is 0 Å². The highest BCUT2D eigenvalue weighted by Gasteiger charge is 2.12. The van der Waals surface area contributed by atoms with E-state index >= 15 is 0 Å². The van der Waals surface area contributed by atoms with Gasteiger partial charge in [-0.25, -0.2) is 0 Å². The van der Waals surface area contributed by atoms with E-state index in [0.29, 0.717) is 13.1 Å². The van der Waals surface area contributed by atoms with Gasteiger partial charge >= 0.3 is 0 Å². The molecule has 4 nitrogen and oxygen atoms in total. The monoisotopic (exact) mass is 331 g/mol. The van der Waals surface area contributed by atoms with E-state index in [-0.39, 0.29) is 5.56 Å². The second kappa shape index (κ2) is 6.22. The van der Waals surface area contributed by atoms with E-state index < -0.39 is 0 Å². The third-order valence-corrected chi connectivity index (χ3v) is 4.80. The zero-order chi connectivity index (χ0) is 17.4.